The van der Waals surface area contributed by atoms with Gasteiger partial charge in [0.05, 0.1) is 11.6 Å². The van der Waals surface area contributed by atoms with Crippen LogP contribution in [0, 0.1) is 11.6 Å². The van der Waals surface area contributed by atoms with Crippen molar-refractivity contribution >= 4 is 33.2 Å². The van der Waals surface area contributed by atoms with Gasteiger partial charge in [-0.1, -0.05) is 59.6 Å². The van der Waals surface area contributed by atoms with Gasteiger partial charge in [0, 0.05) is 37.7 Å². The molecule has 11 heteroatoms. The van der Waals surface area contributed by atoms with E-state index in [0.29, 0.717) is 25.2 Å². The van der Waals surface area contributed by atoms with E-state index in [1.54, 1.807) is 0 Å². The monoisotopic (exact) mass is 556 g/mol. The second-order valence-corrected chi connectivity index (χ2v) is 11.1. The Kier molecular flexibility index (Phi) is 8.49. The summed E-state index contributed by atoms with van der Waals surface area (Å²) in [5.41, 5.74) is 1.30. The number of ether oxygens (including phenoxy) is 1. The molecule has 1 fully saturated rings. The van der Waals surface area contributed by atoms with Gasteiger partial charge in [-0.25, -0.2) is 17.2 Å². The number of sulfonamides is 1. The van der Waals surface area contributed by atoms with Crippen molar-refractivity contribution in [3.8, 4) is 5.75 Å². The molecule has 1 atom stereocenters. The van der Waals surface area contributed by atoms with Gasteiger partial charge >= 0.3 is 0 Å². The van der Waals surface area contributed by atoms with Gasteiger partial charge in [0.15, 0.2) is 17.4 Å². The van der Waals surface area contributed by atoms with Gasteiger partial charge in [0.25, 0.3) is 0 Å². The molecule has 1 aliphatic heterocycles. The van der Waals surface area contributed by atoms with E-state index in [-0.39, 0.29) is 34.6 Å². The van der Waals surface area contributed by atoms with Crippen LogP contribution in [0.2, 0.25) is 10.0 Å². The Morgan fingerprint density at radius 2 is 1.61 bits per heavy atom. The molecular weight excluding hydrogens is 533 g/mol. The minimum absolute atomic E-state index is 0.112. The first kappa shape index (κ1) is 26.8. The predicted octanol–water partition coefficient (Wildman–Crippen LogP) is 5.09. The second kappa shape index (κ2) is 11.4. The molecule has 1 N–H and O–H groups in total. The summed E-state index contributed by atoms with van der Waals surface area (Å²) in [6.45, 7) is 2.09. The molecule has 0 spiro atoms. The van der Waals surface area contributed by atoms with E-state index >= 15 is 0 Å². The average molecular weight is 557 g/mol. The molecule has 0 aromatic heterocycles. The lowest BCUT2D eigenvalue weighted by atomic mass is 10.0. The Bertz CT molecular complexity index is 1320. The van der Waals surface area contributed by atoms with Crippen LogP contribution in [0.15, 0.2) is 65.6 Å². The zero-order valence-electron chi connectivity index (χ0n) is 19.1. The van der Waals surface area contributed by atoms with E-state index in [1.165, 1.54) is 22.5 Å². The van der Waals surface area contributed by atoms with Gasteiger partial charge in [-0.2, -0.15) is 4.31 Å². The third-order valence-corrected chi connectivity index (χ3v) is 8.40. The highest BCUT2D eigenvalue weighted by Gasteiger charge is 2.31. The van der Waals surface area contributed by atoms with E-state index < -0.39 is 33.5 Å². The van der Waals surface area contributed by atoms with Gasteiger partial charge in [0.2, 0.25) is 10.0 Å². The number of phenols is 1. The number of rotatable bonds is 8. The Morgan fingerprint density at radius 3 is 2.28 bits per heavy atom. The molecule has 0 amide bonds. The minimum Gasteiger partial charge on any atom is -0.505 e. The van der Waals surface area contributed by atoms with Crippen LogP contribution in [0.1, 0.15) is 17.2 Å². The number of piperazine rings is 1. The van der Waals surface area contributed by atoms with Crippen molar-refractivity contribution in [2.24, 2.45) is 0 Å². The highest BCUT2D eigenvalue weighted by Crippen LogP contribution is 2.36. The number of aromatic hydroxyl groups is 1. The van der Waals surface area contributed by atoms with Gasteiger partial charge < -0.3 is 9.84 Å². The highest BCUT2D eigenvalue weighted by molar-refractivity contribution is 7.89. The number of phenolic OH excluding ortho intramolecular Hbond substituents is 1. The van der Waals surface area contributed by atoms with Crippen molar-refractivity contribution in [3.63, 3.8) is 0 Å². The van der Waals surface area contributed by atoms with Crippen LogP contribution in [-0.2, 0) is 14.8 Å². The smallest absolute Gasteiger partial charge is 0.246 e. The summed E-state index contributed by atoms with van der Waals surface area (Å²) in [5, 5.41) is 10.1. The van der Waals surface area contributed by atoms with E-state index in [1.807, 2.05) is 35.2 Å². The number of hydrogen-bond donors (Lipinski definition) is 1. The first-order valence-corrected chi connectivity index (χ1v) is 13.4. The highest BCUT2D eigenvalue weighted by atomic mass is 35.5. The summed E-state index contributed by atoms with van der Waals surface area (Å²) in [7, 11) is -3.98. The van der Waals surface area contributed by atoms with E-state index in [9.17, 15) is 22.3 Å². The van der Waals surface area contributed by atoms with Crippen LogP contribution < -0.4 is 0 Å². The standard InChI is InChI=1S/C25H24Cl2F2N2O4S/c26-19-15-20(27)24(32)23(16-19)36(33,34)31-10-8-30(9-11-31)12-13-35-25(17-4-2-1-3-5-17)18-6-7-21(28)22(29)14-18/h1-7,14-16,25,32H,8-13H2/t25-/m1/s1. The summed E-state index contributed by atoms with van der Waals surface area (Å²) in [4.78, 5) is 1.72. The van der Waals surface area contributed by atoms with E-state index in [2.05, 4.69) is 0 Å². The van der Waals surface area contributed by atoms with Crippen LogP contribution in [0.4, 0.5) is 8.78 Å². The predicted molar refractivity (Wildman–Crippen MR) is 134 cm³/mol. The van der Waals surface area contributed by atoms with Crippen LogP contribution in [0.5, 0.6) is 5.75 Å². The summed E-state index contributed by atoms with van der Waals surface area (Å²) >= 11 is 11.8. The van der Waals surface area contributed by atoms with Crippen molar-refractivity contribution in [1.82, 2.24) is 9.21 Å². The summed E-state index contributed by atoms with van der Waals surface area (Å²) in [5.74, 6) is -2.39. The van der Waals surface area contributed by atoms with Crippen LogP contribution in [0.25, 0.3) is 0 Å². The van der Waals surface area contributed by atoms with E-state index in [0.717, 1.165) is 17.7 Å². The van der Waals surface area contributed by atoms with Crippen LogP contribution in [0.3, 0.4) is 0 Å². The molecule has 4 rings (SSSR count). The maximum absolute atomic E-state index is 13.9. The number of nitrogens with zero attached hydrogens (tertiary/aromatic N) is 2. The third-order valence-electron chi connectivity index (χ3n) is 5.98. The van der Waals surface area contributed by atoms with Crippen molar-refractivity contribution in [1.29, 1.82) is 0 Å². The molecule has 1 saturated heterocycles. The molecule has 3 aromatic rings. The largest absolute Gasteiger partial charge is 0.505 e. The van der Waals surface area contributed by atoms with Crippen molar-refractivity contribution < 1.29 is 27.0 Å². The zero-order valence-corrected chi connectivity index (χ0v) is 21.4. The molecule has 36 heavy (non-hydrogen) atoms. The van der Waals surface area contributed by atoms with Crippen LogP contribution >= 0.6 is 23.2 Å². The summed E-state index contributed by atoms with van der Waals surface area (Å²) in [6, 6.07) is 15.4. The lowest BCUT2D eigenvalue weighted by Crippen LogP contribution is -2.49. The average Bonchev–Trinajstić information content (AvgIpc) is 2.86. The molecular formula is C25H24Cl2F2N2O4S. The Morgan fingerprint density at radius 1 is 0.917 bits per heavy atom. The zero-order chi connectivity index (χ0) is 25.9. The summed E-state index contributed by atoms with van der Waals surface area (Å²) < 4.78 is 60.8. The normalized spacial score (nSPS) is 16.2. The van der Waals surface area contributed by atoms with Gasteiger partial charge in [-0.15, -0.1) is 0 Å². The Hall–Kier alpha value is -2.27. The first-order valence-electron chi connectivity index (χ1n) is 11.2. The maximum atomic E-state index is 13.9. The lowest BCUT2D eigenvalue weighted by Gasteiger charge is -2.34. The minimum atomic E-state index is -3.98. The molecule has 6 nitrogen and oxygen atoms in total. The molecule has 0 unspecified atom stereocenters. The molecule has 3 aromatic carbocycles. The number of halogens is 4. The molecule has 1 aliphatic rings. The number of hydrogen-bond acceptors (Lipinski definition) is 5. The lowest BCUT2D eigenvalue weighted by molar-refractivity contribution is 0.0525. The quantitative estimate of drug-likeness (QED) is 0.418. The maximum Gasteiger partial charge on any atom is 0.246 e. The van der Waals surface area contributed by atoms with Gasteiger partial charge in [0.1, 0.15) is 11.0 Å². The summed E-state index contributed by atoms with van der Waals surface area (Å²) in [6.07, 6.45) is -0.585. The van der Waals surface area contributed by atoms with Gasteiger partial charge in [-0.3, -0.25) is 4.90 Å². The van der Waals surface area contributed by atoms with Crippen molar-refractivity contribution in [2.45, 2.75) is 11.0 Å². The molecule has 192 valence electrons. The fraction of sp³-hybridized carbons (Fsp3) is 0.280. The Labute approximate surface area is 218 Å². The third kappa shape index (κ3) is 5.99. The SMILES string of the molecule is O=S(=O)(c1cc(Cl)cc(Cl)c1O)N1CCN(CCO[C@H](c2ccccc2)c2ccc(F)c(F)c2)CC1. The first-order chi connectivity index (χ1) is 17.2. The molecule has 0 aliphatic carbocycles. The topological polar surface area (TPSA) is 70.1 Å². The van der Waals surface area contributed by atoms with Crippen molar-refractivity contribution in [2.75, 3.05) is 39.3 Å². The molecule has 0 bridgehead atoms. The van der Waals surface area contributed by atoms with E-state index in [4.69, 9.17) is 27.9 Å². The van der Waals surface area contributed by atoms with Crippen molar-refractivity contribution in [3.05, 3.63) is 93.5 Å². The fourth-order valence-corrected chi connectivity index (χ4v) is 6.23. The Balaban J connectivity index is 1.38. The molecule has 0 saturated carbocycles. The number of benzene rings is 3. The fourth-order valence-electron chi connectivity index (χ4n) is 4.06. The van der Waals surface area contributed by atoms with Crippen LogP contribution in [-0.4, -0.2) is 62.1 Å². The molecule has 0 radical (unpaired) electrons. The van der Waals surface area contributed by atoms with Gasteiger partial charge in [-0.05, 0) is 35.4 Å². The molecule has 1 heterocycles. The second-order valence-electron chi connectivity index (χ2n) is 8.32.